The van der Waals surface area contributed by atoms with E-state index in [1.54, 1.807) is 0 Å². The van der Waals surface area contributed by atoms with Gasteiger partial charge in [-0.2, -0.15) is 5.10 Å². The van der Waals surface area contributed by atoms with E-state index in [1.165, 1.54) is 42.8 Å². The molecule has 0 unspecified atom stereocenters. The molecule has 3 rings (SSSR count). The summed E-state index contributed by atoms with van der Waals surface area (Å²) in [7, 11) is 0. The highest BCUT2D eigenvalue weighted by Gasteiger charge is 2.19. The van der Waals surface area contributed by atoms with Gasteiger partial charge in [-0.3, -0.25) is 9.58 Å². The summed E-state index contributed by atoms with van der Waals surface area (Å²) < 4.78 is 2.08. The Morgan fingerprint density at radius 3 is 2.24 bits per heavy atom. The Labute approximate surface area is 127 Å². The Hall–Kier alpha value is -1.61. The van der Waals surface area contributed by atoms with Gasteiger partial charge in [0.15, 0.2) is 0 Å². The van der Waals surface area contributed by atoms with Crippen molar-refractivity contribution in [3.63, 3.8) is 0 Å². The Morgan fingerprint density at radius 1 is 0.952 bits per heavy atom. The van der Waals surface area contributed by atoms with Gasteiger partial charge in [-0.05, 0) is 63.9 Å². The summed E-state index contributed by atoms with van der Waals surface area (Å²) in [6, 6.07) is 12.0. The van der Waals surface area contributed by atoms with Gasteiger partial charge in [-0.25, -0.2) is 0 Å². The highest BCUT2D eigenvalue weighted by molar-refractivity contribution is 5.59. The third-order valence-corrected chi connectivity index (χ3v) is 4.54. The quantitative estimate of drug-likeness (QED) is 0.834. The zero-order chi connectivity index (χ0) is 14.8. The van der Waals surface area contributed by atoms with Crippen LogP contribution in [0.3, 0.4) is 0 Å². The first kappa shape index (κ1) is 14.3. The SMILES string of the molecule is CC(C)n1nccc1-c1ccc([C@H](C)N2CCCC2)cc1. The van der Waals surface area contributed by atoms with Crippen LogP contribution >= 0.6 is 0 Å². The van der Waals surface area contributed by atoms with E-state index < -0.39 is 0 Å². The molecule has 1 aromatic carbocycles. The molecule has 1 saturated heterocycles. The van der Waals surface area contributed by atoms with Crippen LogP contribution in [0.5, 0.6) is 0 Å². The van der Waals surface area contributed by atoms with Crippen LogP contribution in [0.4, 0.5) is 0 Å². The van der Waals surface area contributed by atoms with Gasteiger partial charge in [-0.1, -0.05) is 24.3 Å². The van der Waals surface area contributed by atoms with Gasteiger partial charge >= 0.3 is 0 Å². The van der Waals surface area contributed by atoms with E-state index >= 15 is 0 Å². The first-order valence-electron chi connectivity index (χ1n) is 8.04. The number of rotatable bonds is 4. The van der Waals surface area contributed by atoms with Gasteiger partial charge in [0, 0.05) is 18.3 Å². The summed E-state index contributed by atoms with van der Waals surface area (Å²) in [5.41, 5.74) is 3.86. The summed E-state index contributed by atoms with van der Waals surface area (Å²) in [6.45, 7) is 9.13. The first-order chi connectivity index (χ1) is 10.2. The van der Waals surface area contributed by atoms with Crippen molar-refractivity contribution >= 4 is 0 Å². The molecule has 1 aliphatic rings. The molecule has 0 aliphatic carbocycles. The molecule has 1 aromatic heterocycles. The molecule has 112 valence electrons. The van der Waals surface area contributed by atoms with Crippen LogP contribution in [0, 0.1) is 0 Å². The van der Waals surface area contributed by atoms with Crippen LogP contribution in [0.15, 0.2) is 36.5 Å². The molecule has 1 atom stereocenters. The molecule has 0 saturated carbocycles. The van der Waals surface area contributed by atoms with Crippen LogP contribution in [0.2, 0.25) is 0 Å². The van der Waals surface area contributed by atoms with E-state index in [0.29, 0.717) is 12.1 Å². The number of nitrogens with zero attached hydrogens (tertiary/aromatic N) is 3. The predicted octanol–water partition coefficient (Wildman–Crippen LogP) is 4.29. The molecule has 0 amide bonds. The molecule has 2 heterocycles. The van der Waals surface area contributed by atoms with E-state index in [4.69, 9.17) is 0 Å². The molecule has 2 aromatic rings. The molecule has 1 aliphatic heterocycles. The van der Waals surface area contributed by atoms with E-state index in [9.17, 15) is 0 Å². The number of hydrogen-bond acceptors (Lipinski definition) is 2. The third-order valence-electron chi connectivity index (χ3n) is 4.54. The maximum Gasteiger partial charge on any atom is 0.0685 e. The highest BCUT2D eigenvalue weighted by Crippen LogP contribution is 2.27. The van der Waals surface area contributed by atoms with Crippen molar-refractivity contribution in [1.82, 2.24) is 14.7 Å². The van der Waals surface area contributed by atoms with Crippen LogP contribution in [-0.4, -0.2) is 27.8 Å². The highest BCUT2D eigenvalue weighted by atomic mass is 15.3. The molecular formula is C18H25N3. The zero-order valence-corrected chi connectivity index (χ0v) is 13.3. The van der Waals surface area contributed by atoms with Crippen LogP contribution in [0.25, 0.3) is 11.3 Å². The zero-order valence-electron chi connectivity index (χ0n) is 13.3. The average Bonchev–Trinajstić information content (AvgIpc) is 3.18. The second-order valence-corrected chi connectivity index (χ2v) is 6.30. The second-order valence-electron chi connectivity index (χ2n) is 6.30. The lowest BCUT2D eigenvalue weighted by atomic mass is 10.0. The first-order valence-corrected chi connectivity index (χ1v) is 8.04. The van der Waals surface area contributed by atoms with Crippen LogP contribution < -0.4 is 0 Å². The minimum absolute atomic E-state index is 0.387. The van der Waals surface area contributed by atoms with Crippen molar-refractivity contribution in [2.75, 3.05) is 13.1 Å². The van der Waals surface area contributed by atoms with Crippen molar-refractivity contribution in [2.45, 2.75) is 45.7 Å². The Kier molecular flexibility index (Phi) is 4.11. The fourth-order valence-electron chi connectivity index (χ4n) is 3.23. The number of hydrogen-bond donors (Lipinski definition) is 0. The predicted molar refractivity (Wildman–Crippen MR) is 87.3 cm³/mol. The maximum atomic E-state index is 4.42. The molecule has 1 fully saturated rings. The van der Waals surface area contributed by atoms with Crippen LogP contribution in [0.1, 0.15) is 51.3 Å². The molecule has 0 radical (unpaired) electrons. The van der Waals surface area contributed by atoms with Gasteiger partial charge in [0.1, 0.15) is 0 Å². The topological polar surface area (TPSA) is 21.1 Å². The molecule has 0 spiro atoms. The fourth-order valence-corrected chi connectivity index (χ4v) is 3.23. The Morgan fingerprint density at radius 2 is 1.62 bits per heavy atom. The normalized spacial score (nSPS) is 17.5. The third kappa shape index (κ3) is 2.88. The fraction of sp³-hybridized carbons (Fsp3) is 0.500. The van der Waals surface area contributed by atoms with Gasteiger partial charge in [0.2, 0.25) is 0 Å². The van der Waals surface area contributed by atoms with Crippen molar-refractivity contribution in [3.05, 3.63) is 42.1 Å². The second kappa shape index (κ2) is 6.02. The molecular weight excluding hydrogens is 258 g/mol. The lowest BCUT2D eigenvalue weighted by molar-refractivity contribution is 0.263. The van der Waals surface area contributed by atoms with Gasteiger partial charge in [0.05, 0.1) is 5.69 Å². The van der Waals surface area contributed by atoms with Crippen molar-refractivity contribution in [2.24, 2.45) is 0 Å². The number of benzene rings is 1. The summed E-state index contributed by atoms with van der Waals surface area (Å²) in [4.78, 5) is 2.58. The molecule has 0 bridgehead atoms. The summed E-state index contributed by atoms with van der Waals surface area (Å²) in [6.07, 6.45) is 4.57. The maximum absolute atomic E-state index is 4.42. The minimum Gasteiger partial charge on any atom is -0.297 e. The van der Waals surface area contributed by atoms with E-state index in [1.807, 2.05) is 6.20 Å². The number of likely N-dealkylation sites (tertiary alicyclic amines) is 1. The van der Waals surface area contributed by atoms with Gasteiger partial charge < -0.3 is 0 Å². The Bertz CT molecular complexity index is 577. The average molecular weight is 283 g/mol. The smallest absolute Gasteiger partial charge is 0.0685 e. The molecule has 3 heteroatoms. The largest absolute Gasteiger partial charge is 0.297 e. The minimum atomic E-state index is 0.387. The van der Waals surface area contributed by atoms with Gasteiger partial charge in [0.25, 0.3) is 0 Å². The van der Waals surface area contributed by atoms with Crippen molar-refractivity contribution in [3.8, 4) is 11.3 Å². The molecule has 21 heavy (non-hydrogen) atoms. The monoisotopic (exact) mass is 283 g/mol. The molecule has 0 N–H and O–H groups in total. The van der Waals surface area contributed by atoms with E-state index in [0.717, 1.165) is 0 Å². The lowest BCUT2D eigenvalue weighted by Crippen LogP contribution is -2.23. The van der Waals surface area contributed by atoms with Crippen molar-refractivity contribution < 1.29 is 0 Å². The van der Waals surface area contributed by atoms with E-state index in [2.05, 4.69) is 65.8 Å². The molecule has 3 nitrogen and oxygen atoms in total. The van der Waals surface area contributed by atoms with Gasteiger partial charge in [-0.15, -0.1) is 0 Å². The summed E-state index contributed by atoms with van der Waals surface area (Å²) in [5, 5.41) is 4.42. The van der Waals surface area contributed by atoms with Crippen molar-refractivity contribution in [1.29, 1.82) is 0 Å². The van der Waals surface area contributed by atoms with Crippen LogP contribution in [-0.2, 0) is 0 Å². The Balaban J connectivity index is 1.82. The summed E-state index contributed by atoms with van der Waals surface area (Å²) in [5.74, 6) is 0. The van der Waals surface area contributed by atoms with E-state index in [-0.39, 0.29) is 0 Å². The number of aromatic nitrogens is 2. The summed E-state index contributed by atoms with van der Waals surface area (Å²) >= 11 is 0. The standard InChI is InChI=1S/C18H25N3/c1-14(2)21-18(10-11-19-21)17-8-6-16(7-9-17)15(3)20-12-4-5-13-20/h6-11,14-15H,4-5,12-13H2,1-3H3/t15-/m0/s1. The lowest BCUT2D eigenvalue weighted by Gasteiger charge is -2.24.